The topological polar surface area (TPSA) is 158 Å². The Balaban J connectivity index is 1.21. The van der Waals surface area contributed by atoms with Crippen molar-refractivity contribution in [1.82, 2.24) is 15.2 Å². The summed E-state index contributed by atoms with van der Waals surface area (Å²) in [6.45, 7) is 9.05. The predicted octanol–water partition coefficient (Wildman–Crippen LogP) is 5.32. The van der Waals surface area contributed by atoms with Crippen molar-refractivity contribution in [3.63, 3.8) is 0 Å². The molecule has 49 heavy (non-hydrogen) atoms. The van der Waals surface area contributed by atoms with Crippen molar-refractivity contribution in [2.24, 2.45) is 11.3 Å². The van der Waals surface area contributed by atoms with E-state index in [1.165, 1.54) is 4.90 Å². The molecule has 1 aliphatic heterocycles. The van der Waals surface area contributed by atoms with E-state index in [1.807, 2.05) is 57.5 Å². The molecular formula is C37H48N4O7S. The van der Waals surface area contributed by atoms with E-state index in [4.69, 9.17) is 9.84 Å². The lowest BCUT2D eigenvalue weighted by molar-refractivity contribution is -0.146. The first-order valence-electron chi connectivity index (χ1n) is 16.8. The second kappa shape index (κ2) is 17.5. The van der Waals surface area contributed by atoms with Crippen molar-refractivity contribution in [1.29, 1.82) is 0 Å². The van der Waals surface area contributed by atoms with Gasteiger partial charge in [-0.3, -0.25) is 14.4 Å². The standard InChI is InChI=1S/C37H48N4O7S/c1-24-33(49-23-40-24)26-10-8-25(9-11-26)20-39-34(44)32-19-29(42)21-41(32)35(45)31(37(2,3)4)18-30(43)22-48-17-7-5-6-16-38-28-14-12-27(13-15-28)36(46)47/h8-15,23,29,31-32,38,42H,5-7,16-22H2,1-4H3,(H,39,44)(H,46,47)/t29-,31-,32+/m1/s1. The number of aryl methyl sites for hydroxylation is 1. The highest BCUT2D eigenvalue weighted by Gasteiger charge is 2.44. The van der Waals surface area contributed by atoms with Gasteiger partial charge < -0.3 is 30.5 Å². The molecular weight excluding hydrogens is 644 g/mol. The van der Waals surface area contributed by atoms with E-state index in [-0.39, 0.29) is 55.7 Å². The first-order valence-corrected chi connectivity index (χ1v) is 17.6. The zero-order valence-corrected chi connectivity index (χ0v) is 29.6. The summed E-state index contributed by atoms with van der Waals surface area (Å²) in [5.74, 6) is -2.46. The molecule has 4 rings (SSSR count). The molecule has 1 aliphatic rings. The fraction of sp³-hybridized carbons (Fsp3) is 0.486. The van der Waals surface area contributed by atoms with Crippen LogP contribution in [0.5, 0.6) is 0 Å². The number of benzene rings is 2. The van der Waals surface area contributed by atoms with Crippen molar-refractivity contribution in [2.75, 3.05) is 31.6 Å². The van der Waals surface area contributed by atoms with Crippen LogP contribution >= 0.6 is 11.3 Å². The number of likely N-dealkylation sites (tertiary alicyclic amines) is 1. The number of aliphatic hydroxyl groups excluding tert-OH is 1. The number of hydrogen-bond donors (Lipinski definition) is 4. The number of aromatic carboxylic acids is 1. The number of carboxylic acid groups (broad SMARTS) is 1. The Kier molecular flexibility index (Phi) is 13.5. The van der Waals surface area contributed by atoms with E-state index < -0.39 is 29.4 Å². The van der Waals surface area contributed by atoms with Gasteiger partial charge >= 0.3 is 5.97 Å². The van der Waals surface area contributed by atoms with Gasteiger partial charge in [-0.15, -0.1) is 11.3 Å². The zero-order chi connectivity index (χ0) is 35.6. The van der Waals surface area contributed by atoms with Crippen LogP contribution in [0.4, 0.5) is 5.69 Å². The van der Waals surface area contributed by atoms with E-state index >= 15 is 0 Å². The van der Waals surface area contributed by atoms with Crippen LogP contribution in [0.1, 0.15) is 74.5 Å². The first-order chi connectivity index (χ1) is 23.3. The van der Waals surface area contributed by atoms with Gasteiger partial charge in [0.2, 0.25) is 11.8 Å². The number of thiazole rings is 1. The number of nitrogens with one attached hydrogen (secondary N) is 2. The summed E-state index contributed by atoms with van der Waals surface area (Å²) >= 11 is 1.58. The third-order valence-corrected chi connectivity index (χ3v) is 9.74. The molecule has 12 heteroatoms. The van der Waals surface area contributed by atoms with Gasteiger partial charge in [-0.2, -0.15) is 0 Å². The number of unbranched alkanes of at least 4 members (excludes halogenated alkanes) is 2. The van der Waals surface area contributed by atoms with Gasteiger partial charge in [0.15, 0.2) is 5.78 Å². The maximum atomic E-state index is 13.9. The number of carbonyl (C=O) groups is 4. The molecule has 0 radical (unpaired) electrons. The molecule has 264 valence electrons. The van der Waals surface area contributed by atoms with Gasteiger partial charge in [-0.25, -0.2) is 9.78 Å². The Morgan fingerprint density at radius 1 is 1.04 bits per heavy atom. The van der Waals surface area contributed by atoms with Crippen molar-refractivity contribution in [2.45, 2.75) is 78.5 Å². The van der Waals surface area contributed by atoms with Gasteiger partial charge in [0.1, 0.15) is 12.6 Å². The van der Waals surface area contributed by atoms with Gasteiger partial charge in [0, 0.05) is 50.7 Å². The average molecular weight is 693 g/mol. The highest BCUT2D eigenvalue weighted by atomic mass is 32.1. The number of Topliss-reactive ketones (excluding diaryl/α,β-unsaturated/α-hetero) is 1. The summed E-state index contributed by atoms with van der Waals surface area (Å²) in [6.07, 6.45) is 1.84. The van der Waals surface area contributed by atoms with Crippen LogP contribution in [0, 0.1) is 18.3 Å². The second-order valence-electron chi connectivity index (χ2n) is 13.7. The molecule has 1 aromatic heterocycles. The summed E-state index contributed by atoms with van der Waals surface area (Å²) in [5.41, 5.74) is 5.31. The minimum absolute atomic E-state index is 0.0144. The molecule has 2 amide bonds. The minimum Gasteiger partial charge on any atom is -0.478 e. The van der Waals surface area contributed by atoms with E-state index in [2.05, 4.69) is 15.6 Å². The molecule has 1 saturated heterocycles. The van der Waals surface area contributed by atoms with Crippen molar-refractivity contribution >= 4 is 40.6 Å². The van der Waals surface area contributed by atoms with Gasteiger partial charge in [-0.1, -0.05) is 45.0 Å². The molecule has 0 aliphatic carbocycles. The number of β-amino-alcohol motifs (C(OH)–C–C–N with tert-alkyl or cyclic N) is 1. The maximum absolute atomic E-state index is 13.9. The fourth-order valence-electron chi connectivity index (χ4n) is 5.87. The number of anilines is 1. The van der Waals surface area contributed by atoms with E-state index in [9.17, 15) is 24.3 Å². The summed E-state index contributed by atoms with van der Waals surface area (Å²) in [6, 6.07) is 13.7. The van der Waals surface area contributed by atoms with Crippen LogP contribution in [-0.4, -0.2) is 82.1 Å². The van der Waals surface area contributed by atoms with Crippen molar-refractivity contribution in [3.8, 4) is 10.4 Å². The minimum atomic E-state index is -0.956. The monoisotopic (exact) mass is 692 g/mol. The van der Waals surface area contributed by atoms with Crippen molar-refractivity contribution in [3.05, 3.63) is 70.9 Å². The molecule has 0 unspecified atom stereocenters. The fourth-order valence-corrected chi connectivity index (χ4v) is 6.68. The normalized spacial score (nSPS) is 16.7. The van der Waals surface area contributed by atoms with Gasteiger partial charge in [-0.05, 0) is 67.0 Å². The predicted molar refractivity (Wildman–Crippen MR) is 189 cm³/mol. The van der Waals surface area contributed by atoms with E-state index in [1.54, 1.807) is 35.6 Å². The molecule has 3 atom stereocenters. The number of ketones is 1. The van der Waals surface area contributed by atoms with Gasteiger partial charge in [0.25, 0.3) is 0 Å². The van der Waals surface area contributed by atoms with Crippen LogP contribution < -0.4 is 10.6 Å². The highest BCUT2D eigenvalue weighted by molar-refractivity contribution is 7.13. The quantitative estimate of drug-likeness (QED) is 0.138. The molecule has 11 nitrogen and oxygen atoms in total. The van der Waals surface area contributed by atoms with Crippen molar-refractivity contribution < 1.29 is 34.1 Å². The third-order valence-electron chi connectivity index (χ3n) is 8.76. The Morgan fingerprint density at radius 2 is 1.76 bits per heavy atom. The smallest absolute Gasteiger partial charge is 0.335 e. The largest absolute Gasteiger partial charge is 0.478 e. The van der Waals surface area contributed by atoms with Crippen LogP contribution in [0.3, 0.4) is 0 Å². The number of aliphatic hydroxyl groups is 1. The molecule has 0 bridgehead atoms. The molecule has 2 aromatic carbocycles. The highest BCUT2D eigenvalue weighted by Crippen LogP contribution is 2.33. The average Bonchev–Trinajstić information content (AvgIpc) is 3.68. The summed E-state index contributed by atoms with van der Waals surface area (Å²) in [7, 11) is 0. The summed E-state index contributed by atoms with van der Waals surface area (Å²) < 4.78 is 5.64. The Hall–Kier alpha value is -4.13. The maximum Gasteiger partial charge on any atom is 0.335 e. The number of aromatic nitrogens is 1. The molecule has 2 heterocycles. The number of amides is 2. The summed E-state index contributed by atoms with van der Waals surface area (Å²) in [4.78, 5) is 58.0. The van der Waals surface area contributed by atoms with E-state index in [0.29, 0.717) is 6.61 Å². The van der Waals surface area contributed by atoms with Crippen LogP contribution in [0.2, 0.25) is 0 Å². The summed E-state index contributed by atoms with van der Waals surface area (Å²) in [5, 5.41) is 25.7. The van der Waals surface area contributed by atoms with Gasteiger partial charge in [0.05, 0.1) is 27.7 Å². The Bertz CT molecular complexity index is 1570. The SMILES string of the molecule is Cc1ncsc1-c1ccc(CNC(=O)[C@@H]2C[C@@H](O)CN2C(=O)[C@@H](CC(=O)COCCCCCNc2ccc(C(=O)O)cc2)C(C)(C)C)cc1. The number of rotatable bonds is 17. The molecule has 4 N–H and O–H groups in total. The van der Waals surface area contributed by atoms with Crippen LogP contribution in [0.15, 0.2) is 54.0 Å². The number of carbonyl (C=O) groups excluding carboxylic acids is 3. The van der Waals surface area contributed by atoms with E-state index in [0.717, 1.165) is 53.2 Å². The lowest BCUT2D eigenvalue weighted by Crippen LogP contribution is -2.50. The second-order valence-corrected chi connectivity index (χ2v) is 14.5. The Labute approximate surface area is 292 Å². The van der Waals surface area contributed by atoms with Crippen LogP contribution in [-0.2, 0) is 25.7 Å². The number of ether oxygens (including phenoxy) is 1. The zero-order valence-electron chi connectivity index (χ0n) is 28.7. The molecule has 0 spiro atoms. The lowest BCUT2D eigenvalue weighted by Gasteiger charge is -2.34. The lowest BCUT2D eigenvalue weighted by atomic mass is 9.77. The third kappa shape index (κ3) is 10.9. The molecule has 1 fully saturated rings. The number of hydrogen-bond acceptors (Lipinski definition) is 9. The first kappa shape index (κ1) is 37.7. The molecule has 0 saturated carbocycles. The Morgan fingerprint density at radius 3 is 2.39 bits per heavy atom. The number of nitrogens with zero attached hydrogens (tertiary/aromatic N) is 2. The molecule has 3 aromatic rings. The van der Waals surface area contributed by atoms with Crippen LogP contribution in [0.25, 0.3) is 10.4 Å². The number of carboxylic acids is 1.